The third kappa shape index (κ3) is 1.38. The van der Waals surface area contributed by atoms with Crippen molar-refractivity contribution in [3.63, 3.8) is 0 Å². The van der Waals surface area contributed by atoms with Crippen LogP contribution in [0.1, 0.15) is 5.69 Å². The first-order valence-electron chi connectivity index (χ1n) is 2.62. The lowest BCUT2D eigenvalue weighted by Gasteiger charge is -1.94. The Bertz CT molecular complexity index is 200. The number of halogens is 1. The van der Waals surface area contributed by atoms with Gasteiger partial charge in [-0.25, -0.2) is 5.54 Å². The number of aromatic nitrogens is 1. The minimum atomic E-state index is 0.447. The molecule has 1 rings (SSSR count). The van der Waals surface area contributed by atoms with Gasteiger partial charge in [0.1, 0.15) is 0 Å². The largest absolute Gasteiger partial charge is 0.261 e. The summed E-state index contributed by atoms with van der Waals surface area (Å²) in [5.74, 6) is 0. The molecule has 1 heterocycles. The highest BCUT2D eigenvalue weighted by molar-refractivity contribution is 5.40. The predicted molar refractivity (Wildman–Crippen MR) is 33.7 cm³/mol. The van der Waals surface area contributed by atoms with E-state index in [1.807, 2.05) is 0 Å². The minimum absolute atomic E-state index is 0.447. The number of nitrogens with zero attached hydrogens (tertiary/aromatic N) is 1. The molecule has 2 nitrogen and oxygen atoms in total. The van der Waals surface area contributed by atoms with Crippen LogP contribution >= 0.6 is 0 Å². The second-order valence-corrected chi connectivity index (χ2v) is 1.78. The number of rotatable bonds is 1. The number of anilines is 1. The molecule has 0 amide bonds. The zero-order valence-electron chi connectivity index (χ0n) is 5.06. The Hall–Kier alpha value is -1.12. The van der Waals surface area contributed by atoms with E-state index in [0.29, 0.717) is 5.69 Å². The van der Waals surface area contributed by atoms with Crippen LogP contribution in [0, 0.1) is 6.92 Å². The van der Waals surface area contributed by atoms with Crippen LogP contribution < -0.4 is 5.54 Å². The Labute approximate surface area is 52.7 Å². The average molecular weight is 126 g/mol. The molecule has 1 aromatic rings. The highest BCUT2D eigenvalue weighted by Gasteiger charge is 1.88. The highest BCUT2D eigenvalue weighted by atomic mass is 19.2. The van der Waals surface area contributed by atoms with E-state index < -0.39 is 0 Å². The topological polar surface area (TPSA) is 24.9 Å². The van der Waals surface area contributed by atoms with Gasteiger partial charge >= 0.3 is 0 Å². The third-order valence-electron chi connectivity index (χ3n) is 1.01. The van der Waals surface area contributed by atoms with Crippen molar-refractivity contribution in [1.82, 2.24) is 4.98 Å². The SMILES string of the molecule is Cc1cc(NF)ccn1. The summed E-state index contributed by atoms with van der Waals surface area (Å²) in [4.78, 5) is 3.88. The summed E-state index contributed by atoms with van der Waals surface area (Å²) in [5, 5.41) is 0. The monoisotopic (exact) mass is 126 g/mol. The zero-order chi connectivity index (χ0) is 6.69. The third-order valence-corrected chi connectivity index (χ3v) is 1.01. The molecular formula is C6H7FN2. The Morgan fingerprint density at radius 1 is 1.67 bits per heavy atom. The van der Waals surface area contributed by atoms with Gasteiger partial charge in [0.05, 0.1) is 5.69 Å². The van der Waals surface area contributed by atoms with Crippen LogP contribution in [0.3, 0.4) is 0 Å². The molecule has 1 aromatic heterocycles. The van der Waals surface area contributed by atoms with Crippen LogP contribution in [0.15, 0.2) is 18.3 Å². The van der Waals surface area contributed by atoms with Gasteiger partial charge in [0, 0.05) is 11.9 Å². The fourth-order valence-corrected chi connectivity index (χ4v) is 0.604. The molecule has 3 heteroatoms. The van der Waals surface area contributed by atoms with Crippen molar-refractivity contribution in [2.24, 2.45) is 0 Å². The van der Waals surface area contributed by atoms with Gasteiger partial charge in [-0.3, -0.25) is 4.98 Å². The van der Waals surface area contributed by atoms with Gasteiger partial charge in [0.25, 0.3) is 0 Å². The first kappa shape index (κ1) is 6.01. The predicted octanol–water partition coefficient (Wildman–Crippen LogP) is 1.69. The maximum atomic E-state index is 11.6. The summed E-state index contributed by atoms with van der Waals surface area (Å²) < 4.78 is 11.6. The second kappa shape index (κ2) is 2.44. The van der Waals surface area contributed by atoms with Crippen molar-refractivity contribution >= 4 is 5.69 Å². The van der Waals surface area contributed by atoms with Gasteiger partial charge in [-0.05, 0) is 19.1 Å². The van der Waals surface area contributed by atoms with Crippen molar-refractivity contribution in [2.75, 3.05) is 5.54 Å². The van der Waals surface area contributed by atoms with Gasteiger partial charge in [-0.2, -0.15) is 0 Å². The molecule has 0 unspecified atom stereocenters. The van der Waals surface area contributed by atoms with E-state index >= 15 is 0 Å². The van der Waals surface area contributed by atoms with Gasteiger partial charge in [0.2, 0.25) is 0 Å². The van der Waals surface area contributed by atoms with E-state index in [9.17, 15) is 4.48 Å². The van der Waals surface area contributed by atoms with E-state index in [4.69, 9.17) is 0 Å². The van der Waals surface area contributed by atoms with E-state index in [1.54, 1.807) is 25.3 Å². The summed E-state index contributed by atoms with van der Waals surface area (Å²) >= 11 is 0. The molecule has 9 heavy (non-hydrogen) atoms. The average Bonchev–Trinajstić information content (AvgIpc) is 1.88. The Morgan fingerprint density at radius 3 is 2.89 bits per heavy atom. The van der Waals surface area contributed by atoms with Gasteiger partial charge < -0.3 is 0 Å². The summed E-state index contributed by atoms with van der Waals surface area (Å²) in [6.07, 6.45) is 1.55. The molecule has 0 aliphatic rings. The van der Waals surface area contributed by atoms with Crippen LogP contribution in [0.2, 0.25) is 0 Å². The fourth-order valence-electron chi connectivity index (χ4n) is 0.604. The van der Waals surface area contributed by atoms with E-state index in [1.165, 1.54) is 5.54 Å². The smallest absolute Gasteiger partial charge is 0.0689 e. The number of nitrogens with one attached hydrogen (secondary N) is 1. The van der Waals surface area contributed by atoms with Crippen LogP contribution in [0.25, 0.3) is 0 Å². The normalized spacial score (nSPS) is 9.11. The molecule has 0 bridgehead atoms. The summed E-state index contributed by atoms with van der Waals surface area (Å²) in [6, 6.07) is 3.19. The number of aryl methyl sites for hydroxylation is 1. The van der Waals surface area contributed by atoms with Gasteiger partial charge in [0.15, 0.2) is 0 Å². The van der Waals surface area contributed by atoms with Crippen LogP contribution in [-0.4, -0.2) is 4.98 Å². The Balaban J connectivity index is 2.94. The molecule has 0 fully saturated rings. The van der Waals surface area contributed by atoms with Crippen molar-refractivity contribution in [3.05, 3.63) is 24.0 Å². The quantitative estimate of drug-likeness (QED) is 0.579. The van der Waals surface area contributed by atoms with E-state index in [-0.39, 0.29) is 0 Å². The molecular weight excluding hydrogens is 119 g/mol. The summed E-state index contributed by atoms with van der Waals surface area (Å²) in [7, 11) is 0. The Morgan fingerprint density at radius 2 is 2.44 bits per heavy atom. The Kier molecular flexibility index (Phi) is 1.63. The highest BCUT2D eigenvalue weighted by Crippen LogP contribution is 2.05. The maximum Gasteiger partial charge on any atom is 0.0689 e. The molecule has 1 N–H and O–H groups in total. The number of hydrogen-bond acceptors (Lipinski definition) is 2. The molecule has 0 atom stereocenters. The number of pyridine rings is 1. The lowest BCUT2D eigenvalue weighted by atomic mass is 10.3. The molecule has 0 aliphatic carbocycles. The van der Waals surface area contributed by atoms with Crippen LogP contribution in [0.4, 0.5) is 10.2 Å². The molecule has 0 spiro atoms. The van der Waals surface area contributed by atoms with Crippen molar-refractivity contribution in [1.29, 1.82) is 0 Å². The molecule has 0 saturated heterocycles. The zero-order valence-corrected chi connectivity index (χ0v) is 5.06. The fraction of sp³-hybridized carbons (Fsp3) is 0.167. The first-order chi connectivity index (χ1) is 4.33. The van der Waals surface area contributed by atoms with Crippen LogP contribution in [0.5, 0.6) is 0 Å². The maximum absolute atomic E-state index is 11.6. The van der Waals surface area contributed by atoms with E-state index in [2.05, 4.69) is 4.98 Å². The lowest BCUT2D eigenvalue weighted by molar-refractivity contribution is 0.617. The second-order valence-electron chi connectivity index (χ2n) is 1.78. The van der Waals surface area contributed by atoms with Crippen molar-refractivity contribution in [2.45, 2.75) is 6.92 Å². The van der Waals surface area contributed by atoms with Crippen molar-refractivity contribution in [3.8, 4) is 0 Å². The number of hydrogen-bond donors (Lipinski definition) is 1. The summed E-state index contributed by atoms with van der Waals surface area (Å²) in [6.45, 7) is 1.81. The van der Waals surface area contributed by atoms with E-state index in [0.717, 1.165) is 5.69 Å². The first-order valence-corrected chi connectivity index (χ1v) is 2.62. The standard InChI is InChI=1S/C6H7FN2/c1-5-4-6(9-7)2-3-8-5/h2-4H,1H3,(H,8,9). The van der Waals surface area contributed by atoms with Gasteiger partial charge in [-0.15, -0.1) is 4.48 Å². The van der Waals surface area contributed by atoms with Crippen molar-refractivity contribution < 1.29 is 4.48 Å². The summed E-state index contributed by atoms with van der Waals surface area (Å²) in [5.41, 5.74) is 2.78. The minimum Gasteiger partial charge on any atom is -0.261 e. The van der Waals surface area contributed by atoms with Gasteiger partial charge in [-0.1, -0.05) is 0 Å². The molecule has 0 saturated carbocycles. The lowest BCUT2D eigenvalue weighted by Crippen LogP contribution is -1.84. The van der Waals surface area contributed by atoms with Crippen LogP contribution in [-0.2, 0) is 0 Å². The molecule has 0 radical (unpaired) electrons. The molecule has 0 aromatic carbocycles. The molecule has 48 valence electrons. The molecule has 0 aliphatic heterocycles.